The van der Waals surface area contributed by atoms with Crippen molar-refractivity contribution in [2.75, 3.05) is 20.0 Å². The van der Waals surface area contributed by atoms with Crippen molar-refractivity contribution >= 4 is 5.69 Å². The second kappa shape index (κ2) is 4.96. The highest BCUT2D eigenvalue weighted by Crippen LogP contribution is 2.36. The van der Waals surface area contributed by atoms with Crippen molar-refractivity contribution in [3.05, 3.63) is 42.2 Å². The van der Waals surface area contributed by atoms with Gasteiger partial charge in [0.15, 0.2) is 0 Å². The number of nitrogens with two attached hydrogens (primary N) is 1. The van der Waals surface area contributed by atoms with E-state index in [0.717, 1.165) is 5.56 Å². The molecule has 0 saturated carbocycles. The molecule has 0 fully saturated rings. The molecule has 2 aromatic carbocycles. The lowest BCUT2D eigenvalue weighted by Gasteiger charge is -2.12. The average Bonchev–Trinajstić information content (AvgIpc) is 2.41. The summed E-state index contributed by atoms with van der Waals surface area (Å²) in [6, 6.07) is 9.56. The summed E-state index contributed by atoms with van der Waals surface area (Å²) in [7, 11) is 3.12. The van der Waals surface area contributed by atoms with Gasteiger partial charge in [-0.15, -0.1) is 0 Å². The van der Waals surface area contributed by atoms with Gasteiger partial charge in [-0.3, -0.25) is 0 Å². The summed E-state index contributed by atoms with van der Waals surface area (Å²) in [6.45, 7) is 0. The number of benzene rings is 2. The van der Waals surface area contributed by atoms with Gasteiger partial charge >= 0.3 is 0 Å². The third-order valence-corrected chi connectivity index (χ3v) is 2.71. The van der Waals surface area contributed by atoms with Crippen molar-refractivity contribution in [1.82, 2.24) is 0 Å². The fraction of sp³-hybridized carbons (Fsp3) is 0.143. The molecule has 2 aromatic rings. The molecule has 0 aliphatic carbocycles. The smallest absolute Gasteiger partial charge is 0.130 e. The molecule has 0 aliphatic heterocycles. The fourth-order valence-corrected chi connectivity index (χ4v) is 1.78. The van der Waals surface area contributed by atoms with E-state index in [1.54, 1.807) is 32.4 Å². The minimum atomic E-state index is -0.336. The van der Waals surface area contributed by atoms with Crippen LogP contribution in [0.4, 0.5) is 10.1 Å². The maximum Gasteiger partial charge on any atom is 0.130 e. The number of rotatable bonds is 3. The van der Waals surface area contributed by atoms with E-state index >= 15 is 0 Å². The quantitative estimate of drug-likeness (QED) is 0.848. The maximum absolute atomic E-state index is 13.3. The standard InChI is InChI=1S/C14H14FNO2/c1-17-10-4-5-11(14(8-10)18-2)12-7-9(15)3-6-13(12)16/h3-8H,16H2,1-2H3. The molecule has 3 nitrogen and oxygen atoms in total. The second-order valence-corrected chi connectivity index (χ2v) is 3.80. The van der Waals surface area contributed by atoms with Crippen LogP contribution in [0.1, 0.15) is 0 Å². The lowest BCUT2D eigenvalue weighted by atomic mass is 10.0. The van der Waals surface area contributed by atoms with Gasteiger partial charge in [0.2, 0.25) is 0 Å². The van der Waals surface area contributed by atoms with E-state index in [1.807, 2.05) is 0 Å². The minimum Gasteiger partial charge on any atom is -0.497 e. The third-order valence-electron chi connectivity index (χ3n) is 2.71. The Bertz CT molecular complexity index is 570. The Morgan fingerprint density at radius 1 is 0.944 bits per heavy atom. The van der Waals surface area contributed by atoms with Gasteiger partial charge in [-0.2, -0.15) is 0 Å². The first-order chi connectivity index (χ1) is 8.65. The Morgan fingerprint density at radius 2 is 1.72 bits per heavy atom. The summed E-state index contributed by atoms with van der Waals surface area (Å²) < 4.78 is 23.7. The zero-order valence-electron chi connectivity index (χ0n) is 10.2. The maximum atomic E-state index is 13.3. The molecule has 0 atom stereocenters. The third kappa shape index (κ3) is 2.22. The summed E-state index contributed by atoms with van der Waals surface area (Å²) in [5.41, 5.74) is 7.70. The number of methoxy groups -OCH3 is 2. The molecule has 0 heterocycles. The molecular weight excluding hydrogens is 233 g/mol. The number of hydrogen-bond donors (Lipinski definition) is 1. The topological polar surface area (TPSA) is 44.5 Å². The molecule has 0 amide bonds. The van der Waals surface area contributed by atoms with Crippen molar-refractivity contribution in [3.63, 3.8) is 0 Å². The Hall–Kier alpha value is -2.23. The molecule has 0 aromatic heterocycles. The van der Waals surface area contributed by atoms with Crippen molar-refractivity contribution in [1.29, 1.82) is 0 Å². The van der Waals surface area contributed by atoms with Gasteiger partial charge in [-0.1, -0.05) is 0 Å². The Morgan fingerprint density at radius 3 is 2.39 bits per heavy atom. The summed E-state index contributed by atoms with van der Waals surface area (Å²) in [5, 5.41) is 0. The summed E-state index contributed by atoms with van der Waals surface area (Å²) in [4.78, 5) is 0. The predicted molar refractivity (Wildman–Crippen MR) is 69.4 cm³/mol. The number of halogens is 1. The molecule has 2 rings (SSSR count). The van der Waals surface area contributed by atoms with E-state index < -0.39 is 0 Å². The normalized spacial score (nSPS) is 10.2. The SMILES string of the molecule is COc1ccc(-c2cc(F)ccc2N)c(OC)c1. The molecule has 94 valence electrons. The van der Waals surface area contributed by atoms with E-state index in [4.69, 9.17) is 15.2 Å². The summed E-state index contributed by atoms with van der Waals surface area (Å²) >= 11 is 0. The fourth-order valence-electron chi connectivity index (χ4n) is 1.78. The van der Waals surface area contributed by atoms with Gasteiger partial charge in [0.25, 0.3) is 0 Å². The lowest BCUT2D eigenvalue weighted by molar-refractivity contribution is 0.395. The highest BCUT2D eigenvalue weighted by Gasteiger charge is 2.11. The Labute approximate surface area is 105 Å². The van der Waals surface area contributed by atoms with Crippen LogP contribution in [0.2, 0.25) is 0 Å². The van der Waals surface area contributed by atoms with E-state index in [0.29, 0.717) is 22.7 Å². The number of anilines is 1. The molecule has 18 heavy (non-hydrogen) atoms. The van der Waals surface area contributed by atoms with Crippen LogP contribution in [0.15, 0.2) is 36.4 Å². The zero-order valence-corrected chi connectivity index (χ0v) is 10.2. The van der Waals surface area contributed by atoms with Crippen LogP contribution in [0.5, 0.6) is 11.5 Å². The molecule has 0 bridgehead atoms. The Balaban J connectivity index is 2.59. The van der Waals surface area contributed by atoms with E-state index in [1.165, 1.54) is 18.2 Å². The van der Waals surface area contributed by atoms with E-state index in [-0.39, 0.29) is 5.82 Å². The highest BCUT2D eigenvalue weighted by atomic mass is 19.1. The molecule has 0 unspecified atom stereocenters. The van der Waals surface area contributed by atoms with E-state index in [9.17, 15) is 4.39 Å². The average molecular weight is 247 g/mol. The predicted octanol–water partition coefficient (Wildman–Crippen LogP) is 3.09. The first-order valence-corrected chi connectivity index (χ1v) is 5.43. The van der Waals surface area contributed by atoms with Crippen LogP contribution < -0.4 is 15.2 Å². The molecule has 0 radical (unpaired) electrons. The molecular formula is C14H14FNO2. The zero-order chi connectivity index (χ0) is 13.1. The number of nitrogen functional groups attached to an aromatic ring is 1. The van der Waals surface area contributed by atoms with Crippen LogP contribution in [0, 0.1) is 5.82 Å². The van der Waals surface area contributed by atoms with Crippen molar-refractivity contribution in [2.24, 2.45) is 0 Å². The van der Waals surface area contributed by atoms with Crippen LogP contribution in [-0.2, 0) is 0 Å². The monoisotopic (exact) mass is 247 g/mol. The number of ether oxygens (including phenoxy) is 2. The largest absolute Gasteiger partial charge is 0.497 e. The van der Waals surface area contributed by atoms with Crippen LogP contribution in [0.25, 0.3) is 11.1 Å². The van der Waals surface area contributed by atoms with Crippen LogP contribution in [0.3, 0.4) is 0 Å². The Kier molecular flexibility index (Phi) is 3.37. The first-order valence-electron chi connectivity index (χ1n) is 5.43. The summed E-state index contributed by atoms with van der Waals surface area (Å²) in [5.74, 6) is 0.925. The van der Waals surface area contributed by atoms with Gasteiger partial charge in [0.05, 0.1) is 14.2 Å². The van der Waals surface area contributed by atoms with Gasteiger partial charge in [-0.25, -0.2) is 4.39 Å². The molecule has 0 aliphatic rings. The van der Waals surface area contributed by atoms with Gasteiger partial charge < -0.3 is 15.2 Å². The van der Waals surface area contributed by atoms with Crippen molar-refractivity contribution in [2.45, 2.75) is 0 Å². The molecule has 0 saturated heterocycles. The van der Waals surface area contributed by atoms with Gasteiger partial charge in [-0.05, 0) is 30.3 Å². The first kappa shape index (κ1) is 12.2. The van der Waals surface area contributed by atoms with E-state index in [2.05, 4.69) is 0 Å². The highest BCUT2D eigenvalue weighted by molar-refractivity contribution is 5.81. The second-order valence-electron chi connectivity index (χ2n) is 3.80. The summed E-state index contributed by atoms with van der Waals surface area (Å²) in [6.07, 6.45) is 0. The van der Waals surface area contributed by atoms with Crippen LogP contribution >= 0.6 is 0 Å². The van der Waals surface area contributed by atoms with Gasteiger partial charge in [0.1, 0.15) is 17.3 Å². The number of hydrogen-bond acceptors (Lipinski definition) is 3. The van der Waals surface area contributed by atoms with Crippen LogP contribution in [-0.4, -0.2) is 14.2 Å². The lowest BCUT2D eigenvalue weighted by Crippen LogP contribution is -1.95. The minimum absolute atomic E-state index is 0.336. The molecule has 0 spiro atoms. The molecule has 2 N–H and O–H groups in total. The molecule has 4 heteroatoms. The van der Waals surface area contributed by atoms with Crippen molar-refractivity contribution < 1.29 is 13.9 Å². The van der Waals surface area contributed by atoms with Crippen molar-refractivity contribution in [3.8, 4) is 22.6 Å². The van der Waals surface area contributed by atoms with Gasteiger partial charge in [0, 0.05) is 22.9 Å².